The normalized spacial score (nSPS) is 15.9. The van der Waals surface area contributed by atoms with Crippen molar-refractivity contribution in [3.05, 3.63) is 0 Å². The van der Waals surface area contributed by atoms with Crippen LogP contribution < -0.4 is 5.32 Å². The molecule has 0 rings (SSSR count). The zero-order chi connectivity index (χ0) is 36.7. The first kappa shape index (κ1) is 47.5. The number of nitrogens with one attached hydrogen (secondary N) is 1. The molecule has 19 nitrogen and oxygen atoms in total. The molecule has 0 aromatic rings. The van der Waals surface area contributed by atoms with Crippen molar-refractivity contribution < 1.29 is 85.5 Å². The maximum absolute atomic E-state index is 11.9. The van der Waals surface area contributed by atoms with Gasteiger partial charge in [0.25, 0.3) is 0 Å². The first-order chi connectivity index (χ1) is 21.7. The molecule has 0 heterocycles. The Balaban J connectivity index is 0. The molecule has 22 heteroatoms. The Morgan fingerprint density at radius 3 is 1.94 bits per heavy atom. The molecule has 0 aromatic heterocycles. The van der Waals surface area contributed by atoms with E-state index in [1.807, 2.05) is 6.92 Å². The molecule has 1 amide bonds. The Kier molecular flexibility index (Phi) is 24.8. The van der Waals surface area contributed by atoms with Crippen molar-refractivity contribution in [2.45, 2.75) is 77.4 Å². The molecule has 0 aliphatic carbocycles. The van der Waals surface area contributed by atoms with Crippen molar-refractivity contribution in [3.63, 3.8) is 0 Å². The molecule has 0 radical (unpaired) electrons. The van der Waals surface area contributed by atoms with Gasteiger partial charge in [0.05, 0.1) is 26.4 Å². The minimum absolute atomic E-state index is 0.0282. The molecule has 0 fully saturated rings. The summed E-state index contributed by atoms with van der Waals surface area (Å²) in [5.74, 6) is -1.60. The van der Waals surface area contributed by atoms with Gasteiger partial charge >= 0.3 is 27.4 Å². The molecule has 0 aliphatic rings. The molecule has 4 unspecified atom stereocenters. The smallest absolute Gasteiger partial charge is 0.462 e. The molecule has 0 aliphatic heterocycles. The Morgan fingerprint density at radius 1 is 0.830 bits per heavy atom. The molecule has 47 heavy (non-hydrogen) atoms. The van der Waals surface area contributed by atoms with Gasteiger partial charge in [0.1, 0.15) is 13.2 Å². The number of Topliss-reactive ketones (excluding diaryl/α,β-unsaturated/α-hetero) is 1. The van der Waals surface area contributed by atoms with Crippen molar-refractivity contribution in [2.24, 2.45) is 0 Å². The van der Waals surface area contributed by atoms with Crippen LogP contribution in [0.5, 0.6) is 0 Å². The number of aliphatic hydroxyl groups is 1. The van der Waals surface area contributed by atoms with Crippen molar-refractivity contribution in [1.29, 1.82) is 0 Å². The lowest BCUT2D eigenvalue weighted by atomic mass is 10.2. The summed E-state index contributed by atoms with van der Waals surface area (Å²) >= 11 is 0. The number of esters is 2. The van der Waals surface area contributed by atoms with Crippen LogP contribution in [0.2, 0.25) is 0 Å². The summed E-state index contributed by atoms with van der Waals surface area (Å²) in [5, 5.41) is 9.05. The minimum Gasteiger partial charge on any atom is -0.462 e. The van der Waals surface area contributed by atoms with Crippen LogP contribution in [0.25, 0.3) is 0 Å². The number of amides is 1. The van der Waals surface area contributed by atoms with E-state index >= 15 is 0 Å². The first-order valence-electron chi connectivity index (χ1n) is 14.6. The zero-order valence-corrected chi connectivity index (χ0v) is 30.0. The van der Waals surface area contributed by atoms with Crippen molar-refractivity contribution in [2.75, 3.05) is 59.5 Å². The quantitative estimate of drug-likeness (QED) is 0.0437. The van der Waals surface area contributed by atoms with E-state index in [2.05, 4.69) is 5.32 Å². The summed E-state index contributed by atoms with van der Waals surface area (Å²) in [7, 11) is -14.0. The monoisotopic (exact) mass is 745 g/mol. The minimum atomic E-state index is -5.14. The van der Waals surface area contributed by atoms with Crippen LogP contribution >= 0.6 is 22.8 Å². The van der Waals surface area contributed by atoms with Gasteiger partial charge in [0, 0.05) is 46.0 Å². The van der Waals surface area contributed by atoms with Gasteiger partial charge in [-0.15, -0.1) is 0 Å². The molecule has 278 valence electrons. The first-order valence-corrected chi connectivity index (χ1v) is 19.8. The summed E-state index contributed by atoms with van der Waals surface area (Å²) in [5.41, 5.74) is 0. The highest BCUT2D eigenvalue weighted by Gasteiger charge is 2.56. The molecule has 4 atom stereocenters. The molecule has 6 N–H and O–H groups in total. The van der Waals surface area contributed by atoms with E-state index in [9.17, 15) is 47.8 Å². The molecule has 0 aromatic carbocycles. The largest absolute Gasteiger partial charge is 0.472 e. The molecule has 0 bridgehead atoms. The molecular weight excluding hydrogens is 695 g/mol. The van der Waals surface area contributed by atoms with E-state index in [4.69, 9.17) is 37.8 Å². The van der Waals surface area contributed by atoms with E-state index in [0.29, 0.717) is 26.5 Å². The van der Waals surface area contributed by atoms with Crippen LogP contribution in [0, 0.1) is 0 Å². The van der Waals surface area contributed by atoms with Crippen LogP contribution in [0.3, 0.4) is 0 Å². The van der Waals surface area contributed by atoms with Crippen LogP contribution in [0.4, 0.5) is 0 Å². The van der Waals surface area contributed by atoms with E-state index in [-0.39, 0.29) is 70.2 Å². The number of rotatable bonds is 25. The third-order valence-corrected chi connectivity index (χ3v) is 11.2. The SMILES string of the molecule is CC(=O)NCCCC(O)(P(C)(=O)O)P(=O)(O)O.CCOCCOCC(=O)CCCOP(=O)(O)OCC(COC(=O)CC)OC(=O)CC. The second-order valence-corrected chi connectivity index (χ2v) is 15.9. The van der Waals surface area contributed by atoms with Crippen LogP contribution in [-0.4, -0.2) is 119 Å². The van der Waals surface area contributed by atoms with Gasteiger partial charge in [0.2, 0.25) is 18.4 Å². The number of ketones is 1. The van der Waals surface area contributed by atoms with E-state index in [1.54, 1.807) is 13.8 Å². The Bertz CT molecular complexity index is 1070. The van der Waals surface area contributed by atoms with Gasteiger partial charge in [0.15, 0.2) is 11.9 Å². The van der Waals surface area contributed by atoms with Crippen LogP contribution in [-0.2, 0) is 60.9 Å². The lowest BCUT2D eigenvalue weighted by molar-refractivity contribution is -0.160. The second-order valence-electron chi connectivity index (χ2n) is 9.78. The highest BCUT2D eigenvalue weighted by molar-refractivity contribution is 7.74. The van der Waals surface area contributed by atoms with Crippen molar-refractivity contribution in [1.82, 2.24) is 5.32 Å². The third-order valence-electron chi connectivity index (χ3n) is 5.62. The molecule has 0 saturated heterocycles. The summed E-state index contributed by atoms with van der Waals surface area (Å²) in [6.07, 6.45) is -1.14. The number of hydrogen-bond acceptors (Lipinski definition) is 14. The summed E-state index contributed by atoms with van der Waals surface area (Å²) in [4.78, 5) is 81.6. The maximum Gasteiger partial charge on any atom is 0.472 e. The predicted molar refractivity (Wildman–Crippen MR) is 165 cm³/mol. The number of carbonyl (C=O) groups excluding carboxylic acids is 4. The highest BCUT2D eigenvalue weighted by Crippen LogP contribution is 2.69. The summed E-state index contributed by atoms with van der Waals surface area (Å²) in [6, 6.07) is 0. The highest BCUT2D eigenvalue weighted by atomic mass is 31.2. The molecule has 0 spiro atoms. The standard InChI is InChI=1S/C18H33O11P.C7H17NO7P2/c1-4-17(20)26-13-16(29-18(21)5-2)14-28-30(22,23)27-9-7-8-15(19)12-25-11-10-24-6-3;1-6(9)8-5-3-4-7(10,16(2,11)12)17(13,14)15/h16H,4-14H2,1-3H3,(H,22,23);10H,3-5H2,1-2H3,(H,8,9)(H,11,12)(H2,13,14,15). The Labute approximate surface area is 274 Å². The summed E-state index contributed by atoms with van der Waals surface area (Å²) < 4.78 is 64.0. The van der Waals surface area contributed by atoms with Gasteiger partial charge in [-0.2, -0.15) is 0 Å². The van der Waals surface area contributed by atoms with Gasteiger partial charge in [-0.3, -0.25) is 37.4 Å². The number of hydrogen-bond donors (Lipinski definition) is 6. The average Bonchev–Trinajstić information content (AvgIpc) is 2.97. The fraction of sp³-hybridized carbons (Fsp3) is 0.840. The lowest BCUT2D eigenvalue weighted by Crippen LogP contribution is -2.30. The van der Waals surface area contributed by atoms with E-state index in [0.717, 1.165) is 0 Å². The van der Waals surface area contributed by atoms with Gasteiger partial charge < -0.3 is 48.9 Å². The van der Waals surface area contributed by atoms with Gasteiger partial charge in [-0.05, 0) is 26.2 Å². The van der Waals surface area contributed by atoms with E-state index in [1.165, 1.54) is 6.92 Å². The average molecular weight is 746 g/mol. The Hall–Kier alpha value is -1.59. The molecule has 0 saturated carbocycles. The number of phosphoric acid groups is 1. The topological polar surface area (TPSA) is 288 Å². The number of carbonyl (C=O) groups is 4. The number of phosphoric ester groups is 1. The van der Waals surface area contributed by atoms with Crippen molar-refractivity contribution in [3.8, 4) is 0 Å². The van der Waals surface area contributed by atoms with Gasteiger partial charge in [-0.25, -0.2) is 4.57 Å². The van der Waals surface area contributed by atoms with E-state index < -0.39 is 58.9 Å². The maximum atomic E-state index is 11.9. The van der Waals surface area contributed by atoms with Gasteiger partial charge in [-0.1, -0.05) is 13.8 Å². The Morgan fingerprint density at radius 2 is 1.43 bits per heavy atom. The van der Waals surface area contributed by atoms with Crippen LogP contribution in [0.1, 0.15) is 66.2 Å². The predicted octanol–water partition coefficient (Wildman–Crippen LogP) is 1.42. The number of ether oxygens (including phenoxy) is 4. The van der Waals surface area contributed by atoms with Crippen LogP contribution in [0.15, 0.2) is 0 Å². The lowest BCUT2D eigenvalue weighted by Gasteiger charge is -2.30. The summed E-state index contributed by atoms with van der Waals surface area (Å²) in [6.45, 7) is 7.25. The second kappa shape index (κ2) is 24.5. The fourth-order valence-corrected chi connectivity index (χ4v) is 6.79. The fourth-order valence-electron chi connectivity index (χ4n) is 3.04. The third kappa shape index (κ3) is 23.4. The molecular formula is C25H50NO18P3. The zero-order valence-electron chi connectivity index (χ0n) is 27.4. The van der Waals surface area contributed by atoms with Crippen molar-refractivity contribution >= 4 is 46.4 Å².